The van der Waals surface area contributed by atoms with Gasteiger partial charge in [-0.05, 0) is 25.8 Å². The molecule has 1 aliphatic rings. The van der Waals surface area contributed by atoms with Crippen LogP contribution in [0.2, 0.25) is 0 Å². The molecule has 0 aliphatic carbocycles. The van der Waals surface area contributed by atoms with E-state index in [1.165, 1.54) is 7.11 Å². The third kappa shape index (κ3) is 2.99. The number of hydrogen-bond donors (Lipinski definition) is 1. The van der Waals surface area contributed by atoms with Gasteiger partial charge in [0.05, 0.1) is 24.4 Å². The minimum absolute atomic E-state index is 0.00727. The fourth-order valence-corrected chi connectivity index (χ4v) is 3.09. The summed E-state index contributed by atoms with van der Waals surface area (Å²) in [5, 5.41) is 6.56. The highest BCUT2D eigenvalue weighted by atomic mass is 16.5. The number of aryl methyl sites for hydroxylation is 1. The van der Waals surface area contributed by atoms with Crippen LogP contribution in [0.1, 0.15) is 19.6 Å². The Balaban J connectivity index is 1.69. The van der Waals surface area contributed by atoms with E-state index < -0.39 is 5.41 Å². The summed E-state index contributed by atoms with van der Waals surface area (Å²) in [6, 6.07) is 3.07. The smallest absolute Gasteiger partial charge is 0.323 e. The molecule has 1 aliphatic heterocycles. The van der Waals surface area contributed by atoms with Crippen molar-refractivity contribution in [2.24, 2.45) is 11.3 Å². The van der Waals surface area contributed by atoms with Crippen LogP contribution in [0.4, 0.5) is 10.6 Å². The molecule has 0 bridgehead atoms. The van der Waals surface area contributed by atoms with E-state index in [-0.39, 0.29) is 24.5 Å². The SMILES string of the molecule is COC(=O)[C@]1(C)CN(C(=O)Nc2cc(-c3ccoc3C)on2)C[C@H]1C. The first-order valence-electron chi connectivity index (χ1n) is 8.00. The standard InChI is InChI=1S/C17H21N3O5/c1-10-8-20(9-17(10,3)15(21)23-4)16(22)18-14-7-13(25-19-14)12-5-6-24-11(12)2/h5-7,10H,8-9H2,1-4H3,(H,18,19,22)/t10-,17-/m1/s1. The molecule has 1 fully saturated rings. The summed E-state index contributed by atoms with van der Waals surface area (Å²) in [4.78, 5) is 26.1. The van der Waals surface area contributed by atoms with E-state index in [9.17, 15) is 9.59 Å². The van der Waals surface area contributed by atoms with Crippen molar-refractivity contribution in [3.63, 3.8) is 0 Å². The molecule has 3 rings (SSSR count). The zero-order chi connectivity index (χ0) is 18.2. The molecule has 8 nitrogen and oxygen atoms in total. The molecule has 2 aromatic heterocycles. The van der Waals surface area contributed by atoms with Crippen molar-refractivity contribution < 1.29 is 23.3 Å². The Labute approximate surface area is 145 Å². The molecular formula is C17H21N3O5. The van der Waals surface area contributed by atoms with E-state index in [2.05, 4.69) is 10.5 Å². The zero-order valence-corrected chi connectivity index (χ0v) is 14.7. The quantitative estimate of drug-likeness (QED) is 0.857. The predicted octanol–water partition coefficient (Wildman–Crippen LogP) is 2.91. The van der Waals surface area contributed by atoms with Crippen LogP contribution in [0.15, 0.2) is 27.3 Å². The number of hydrogen-bond acceptors (Lipinski definition) is 6. The predicted molar refractivity (Wildman–Crippen MR) is 88.8 cm³/mol. The van der Waals surface area contributed by atoms with Crippen LogP contribution in [0.25, 0.3) is 11.3 Å². The molecule has 25 heavy (non-hydrogen) atoms. The Morgan fingerprint density at radius 2 is 2.24 bits per heavy atom. The first-order chi connectivity index (χ1) is 11.8. The topological polar surface area (TPSA) is 97.8 Å². The fraction of sp³-hybridized carbons (Fsp3) is 0.471. The third-order valence-electron chi connectivity index (χ3n) is 4.91. The maximum absolute atomic E-state index is 12.5. The second-order valence-corrected chi connectivity index (χ2v) is 6.59. The van der Waals surface area contributed by atoms with Crippen molar-refractivity contribution >= 4 is 17.8 Å². The summed E-state index contributed by atoms with van der Waals surface area (Å²) < 4.78 is 15.4. The summed E-state index contributed by atoms with van der Waals surface area (Å²) in [6.45, 7) is 6.31. The van der Waals surface area contributed by atoms with E-state index in [1.807, 2.05) is 20.8 Å². The lowest BCUT2D eigenvalue weighted by atomic mass is 9.81. The first kappa shape index (κ1) is 17.1. The number of esters is 1. The highest BCUT2D eigenvalue weighted by molar-refractivity contribution is 5.90. The van der Waals surface area contributed by atoms with Gasteiger partial charge in [-0.15, -0.1) is 0 Å². The number of aromatic nitrogens is 1. The Hall–Kier alpha value is -2.77. The van der Waals surface area contributed by atoms with Gasteiger partial charge in [0.25, 0.3) is 0 Å². The number of nitrogens with zero attached hydrogens (tertiary/aromatic N) is 2. The largest absolute Gasteiger partial charge is 0.469 e. The molecule has 1 N–H and O–H groups in total. The monoisotopic (exact) mass is 347 g/mol. The van der Waals surface area contributed by atoms with Crippen LogP contribution in [0.5, 0.6) is 0 Å². The molecule has 2 atom stereocenters. The minimum atomic E-state index is -0.713. The van der Waals surface area contributed by atoms with E-state index in [0.717, 1.165) is 5.56 Å². The van der Waals surface area contributed by atoms with Gasteiger partial charge in [-0.1, -0.05) is 12.1 Å². The number of amides is 2. The number of methoxy groups -OCH3 is 1. The molecule has 0 spiro atoms. The molecule has 2 amide bonds. The number of carbonyl (C=O) groups excluding carboxylic acids is 2. The molecule has 0 unspecified atom stereocenters. The van der Waals surface area contributed by atoms with Crippen LogP contribution in [-0.2, 0) is 9.53 Å². The molecule has 2 aromatic rings. The van der Waals surface area contributed by atoms with Gasteiger partial charge in [0.2, 0.25) is 0 Å². The summed E-state index contributed by atoms with van der Waals surface area (Å²) >= 11 is 0. The molecular weight excluding hydrogens is 326 g/mol. The van der Waals surface area contributed by atoms with Gasteiger partial charge in [-0.2, -0.15) is 0 Å². The number of urea groups is 1. The molecule has 0 radical (unpaired) electrons. The van der Waals surface area contributed by atoms with Gasteiger partial charge in [-0.25, -0.2) is 4.79 Å². The van der Waals surface area contributed by atoms with Gasteiger partial charge >= 0.3 is 12.0 Å². The fourth-order valence-electron chi connectivity index (χ4n) is 3.09. The molecule has 0 aromatic carbocycles. The molecule has 134 valence electrons. The average Bonchev–Trinajstić information content (AvgIpc) is 3.27. The van der Waals surface area contributed by atoms with Crippen LogP contribution in [0, 0.1) is 18.3 Å². The number of furan rings is 1. The van der Waals surface area contributed by atoms with Gasteiger partial charge in [0.1, 0.15) is 5.76 Å². The maximum atomic E-state index is 12.5. The van der Waals surface area contributed by atoms with Crippen molar-refractivity contribution in [3.8, 4) is 11.3 Å². The first-order valence-corrected chi connectivity index (χ1v) is 8.00. The van der Waals surface area contributed by atoms with Gasteiger partial charge in [0.15, 0.2) is 11.6 Å². The van der Waals surface area contributed by atoms with Gasteiger partial charge < -0.3 is 18.6 Å². The van der Waals surface area contributed by atoms with Crippen molar-refractivity contribution in [3.05, 3.63) is 24.2 Å². The van der Waals surface area contributed by atoms with Crippen LogP contribution in [0.3, 0.4) is 0 Å². The van der Waals surface area contributed by atoms with Crippen molar-refractivity contribution in [2.75, 3.05) is 25.5 Å². The lowest BCUT2D eigenvalue weighted by molar-refractivity contribution is -0.152. The molecule has 0 saturated carbocycles. The number of likely N-dealkylation sites (tertiary alicyclic amines) is 1. The second kappa shape index (κ2) is 6.27. The highest BCUT2D eigenvalue weighted by Crippen LogP contribution is 2.37. The van der Waals surface area contributed by atoms with Crippen LogP contribution < -0.4 is 5.32 Å². The highest BCUT2D eigenvalue weighted by Gasteiger charge is 2.48. The summed E-state index contributed by atoms with van der Waals surface area (Å²) in [5.41, 5.74) is 0.0654. The second-order valence-electron chi connectivity index (χ2n) is 6.59. The summed E-state index contributed by atoms with van der Waals surface area (Å²) in [5.74, 6) is 1.20. The van der Waals surface area contributed by atoms with Crippen molar-refractivity contribution in [1.29, 1.82) is 0 Å². The van der Waals surface area contributed by atoms with Gasteiger partial charge in [0, 0.05) is 19.2 Å². The van der Waals surface area contributed by atoms with Crippen molar-refractivity contribution in [2.45, 2.75) is 20.8 Å². The lowest BCUT2D eigenvalue weighted by Gasteiger charge is -2.24. The number of ether oxygens (including phenoxy) is 1. The lowest BCUT2D eigenvalue weighted by Crippen LogP contribution is -2.38. The third-order valence-corrected chi connectivity index (χ3v) is 4.91. The normalized spacial score (nSPS) is 22.9. The van der Waals surface area contributed by atoms with Crippen LogP contribution >= 0.6 is 0 Å². The van der Waals surface area contributed by atoms with Crippen LogP contribution in [-0.4, -0.2) is 42.3 Å². The van der Waals surface area contributed by atoms with Gasteiger partial charge in [-0.3, -0.25) is 10.1 Å². The van der Waals surface area contributed by atoms with E-state index >= 15 is 0 Å². The Kier molecular flexibility index (Phi) is 4.28. The minimum Gasteiger partial charge on any atom is -0.469 e. The Bertz CT molecular complexity index is 796. The molecule has 8 heteroatoms. The zero-order valence-electron chi connectivity index (χ0n) is 14.7. The van der Waals surface area contributed by atoms with E-state index in [0.29, 0.717) is 23.9 Å². The number of rotatable bonds is 3. The molecule has 1 saturated heterocycles. The maximum Gasteiger partial charge on any atom is 0.323 e. The number of anilines is 1. The molecule has 3 heterocycles. The van der Waals surface area contributed by atoms with Crippen molar-refractivity contribution in [1.82, 2.24) is 10.1 Å². The Morgan fingerprint density at radius 3 is 2.88 bits per heavy atom. The number of nitrogens with one attached hydrogen (secondary N) is 1. The Morgan fingerprint density at radius 1 is 1.48 bits per heavy atom. The summed E-state index contributed by atoms with van der Waals surface area (Å²) in [7, 11) is 1.36. The van der Waals surface area contributed by atoms with E-state index in [4.69, 9.17) is 13.7 Å². The summed E-state index contributed by atoms with van der Waals surface area (Å²) in [6.07, 6.45) is 1.56. The number of carbonyl (C=O) groups is 2. The van der Waals surface area contributed by atoms with E-state index in [1.54, 1.807) is 23.3 Å². The average molecular weight is 347 g/mol.